The summed E-state index contributed by atoms with van der Waals surface area (Å²) in [6.07, 6.45) is 2.33. The first-order valence-corrected chi connectivity index (χ1v) is 12.4. The Bertz CT molecular complexity index is 932. The molecule has 0 aliphatic carbocycles. The Hall–Kier alpha value is -2.78. The Kier molecular flexibility index (Phi) is 9.18. The van der Waals surface area contributed by atoms with Crippen molar-refractivity contribution in [3.8, 4) is 17.2 Å². The average molecular weight is 490 g/mol. The third kappa shape index (κ3) is 6.21. The number of carbonyl (C=O) groups excluding carboxylic acids is 2. The number of carbonyl (C=O) groups is 2. The van der Waals surface area contributed by atoms with Crippen LogP contribution in [0.5, 0.6) is 17.2 Å². The van der Waals surface area contributed by atoms with Gasteiger partial charge in [-0.15, -0.1) is 11.3 Å². The molecule has 1 aromatic carbocycles. The maximum absolute atomic E-state index is 12.9. The Morgan fingerprint density at radius 1 is 1.12 bits per heavy atom. The van der Waals surface area contributed by atoms with Crippen molar-refractivity contribution in [3.63, 3.8) is 0 Å². The Balaban J connectivity index is 1.63. The van der Waals surface area contributed by atoms with E-state index in [-0.39, 0.29) is 11.9 Å². The third-order valence-corrected chi connectivity index (χ3v) is 7.24. The van der Waals surface area contributed by atoms with Crippen LogP contribution in [0.4, 0.5) is 0 Å². The molecule has 0 spiro atoms. The van der Waals surface area contributed by atoms with Gasteiger partial charge in [-0.25, -0.2) is 0 Å². The van der Waals surface area contributed by atoms with E-state index in [0.717, 1.165) is 31.8 Å². The predicted octanol–water partition coefficient (Wildman–Crippen LogP) is 3.48. The molecule has 1 fully saturated rings. The molecular weight excluding hydrogens is 454 g/mol. The molecule has 0 saturated carbocycles. The van der Waals surface area contributed by atoms with Gasteiger partial charge in [0.2, 0.25) is 11.7 Å². The summed E-state index contributed by atoms with van der Waals surface area (Å²) < 4.78 is 15.9. The lowest BCUT2D eigenvalue weighted by atomic mass is 9.97. The Labute approximate surface area is 205 Å². The first-order valence-electron chi connectivity index (χ1n) is 11.5. The van der Waals surface area contributed by atoms with Crippen LogP contribution in [-0.4, -0.2) is 63.7 Å². The highest BCUT2D eigenvalue weighted by Gasteiger charge is 2.27. The van der Waals surface area contributed by atoms with E-state index in [1.807, 2.05) is 6.07 Å². The van der Waals surface area contributed by atoms with Gasteiger partial charge in [0.15, 0.2) is 11.5 Å². The van der Waals surface area contributed by atoms with Crippen LogP contribution in [0, 0.1) is 5.92 Å². The predicted molar refractivity (Wildman–Crippen MR) is 133 cm³/mol. The second-order valence-electron chi connectivity index (χ2n) is 8.60. The van der Waals surface area contributed by atoms with E-state index in [1.165, 1.54) is 26.2 Å². The number of likely N-dealkylation sites (tertiary alicyclic amines) is 1. The molecule has 9 heteroatoms. The number of nitrogens with one attached hydrogen (secondary N) is 2. The molecule has 1 aliphatic rings. The number of thiophene rings is 1. The molecule has 3 rings (SSSR count). The quantitative estimate of drug-likeness (QED) is 0.531. The van der Waals surface area contributed by atoms with Gasteiger partial charge in [-0.2, -0.15) is 0 Å². The summed E-state index contributed by atoms with van der Waals surface area (Å²) in [4.78, 5) is 29.4. The number of piperidine rings is 1. The van der Waals surface area contributed by atoms with Crippen molar-refractivity contribution in [3.05, 3.63) is 40.1 Å². The van der Waals surface area contributed by atoms with Crippen LogP contribution in [0.2, 0.25) is 0 Å². The highest BCUT2D eigenvalue weighted by molar-refractivity contribution is 7.10. The molecule has 2 amide bonds. The van der Waals surface area contributed by atoms with Crippen LogP contribution in [0.3, 0.4) is 0 Å². The Morgan fingerprint density at radius 3 is 2.29 bits per heavy atom. The van der Waals surface area contributed by atoms with E-state index in [0.29, 0.717) is 29.4 Å². The van der Waals surface area contributed by atoms with Crippen molar-refractivity contribution in [2.45, 2.75) is 38.8 Å². The van der Waals surface area contributed by atoms with Gasteiger partial charge < -0.3 is 24.8 Å². The fourth-order valence-corrected chi connectivity index (χ4v) is 5.00. The summed E-state index contributed by atoms with van der Waals surface area (Å²) >= 11 is 1.71. The average Bonchev–Trinajstić information content (AvgIpc) is 3.38. The number of hydrogen-bond donors (Lipinski definition) is 2. The second-order valence-corrected chi connectivity index (χ2v) is 9.58. The molecule has 34 heavy (non-hydrogen) atoms. The fourth-order valence-electron chi connectivity index (χ4n) is 4.14. The minimum Gasteiger partial charge on any atom is -0.493 e. The number of benzene rings is 1. The summed E-state index contributed by atoms with van der Waals surface area (Å²) in [5.74, 6) is 1.26. The monoisotopic (exact) mass is 489 g/mol. The largest absolute Gasteiger partial charge is 0.493 e. The molecule has 2 heterocycles. The van der Waals surface area contributed by atoms with Crippen molar-refractivity contribution in [1.82, 2.24) is 15.5 Å². The van der Waals surface area contributed by atoms with Crippen molar-refractivity contribution >= 4 is 23.2 Å². The molecule has 2 N–H and O–H groups in total. The molecule has 0 bridgehead atoms. The van der Waals surface area contributed by atoms with E-state index in [4.69, 9.17) is 14.2 Å². The van der Waals surface area contributed by atoms with Crippen molar-refractivity contribution in [1.29, 1.82) is 0 Å². The molecule has 1 aliphatic heterocycles. The van der Waals surface area contributed by atoms with Gasteiger partial charge in [0.05, 0.1) is 27.4 Å². The third-order valence-electron chi connectivity index (χ3n) is 6.27. The number of ether oxygens (including phenoxy) is 3. The summed E-state index contributed by atoms with van der Waals surface area (Å²) in [6, 6.07) is 6.71. The van der Waals surface area contributed by atoms with E-state index in [1.54, 1.807) is 30.4 Å². The van der Waals surface area contributed by atoms with Gasteiger partial charge in [-0.05, 0) is 62.4 Å². The zero-order valence-electron chi connectivity index (χ0n) is 20.6. The van der Waals surface area contributed by atoms with Crippen LogP contribution >= 0.6 is 11.3 Å². The lowest BCUT2D eigenvalue weighted by molar-refractivity contribution is -0.122. The maximum atomic E-state index is 12.9. The lowest BCUT2D eigenvalue weighted by Crippen LogP contribution is -2.48. The van der Waals surface area contributed by atoms with Crippen LogP contribution in [0.25, 0.3) is 0 Å². The normalized spacial score (nSPS) is 16.4. The molecule has 8 nitrogen and oxygen atoms in total. The van der Waals surface area contributed by atoms with Crippen LogP contribution in [0.1, 0.15) is 48.0 Å². The van der Waals surface area contributed by atoms with Crippen LogP contribution in [-0.2, 0) is 4.79 Å². The summed E-state index contributed by atoms with van der Waals surface area (Å²) in [6.45, 7) is 6.50. The van der Waals surface area contributed by atoms with E-state index in [2.05, 4.69) is 33.9 Å². The summed E-state index contributed by atoms with van der Waals surface area (Å²) in [5.41, 5.74) is 0.313. The van der Waals surface area contributed by atoms with Gasteiger partial charge in [0, 0.05) is 17.0 Å². The Morgan fingerprint density at radius 2 is 1.76 bits per heavy atom. The van der Waals surface area contributed by atoms with Gasteiger partial charge >= 0.3 is 0 Å². The molecule has 186 valence electrons. The molecule has 0 unspecified atom stereocenters. The number of hydrogen-bond acceptors (Lipinski definition) is 7. The van der Waals surface area contributed by atoms with Crippen molar-refractivity contribution < 1.29 is 23.8 Å². The number of rotatable bonds is 10. The number of methoxy groups -OCH3 is 3. The van der Waals surface area contributed by atoms with E-state index in [9.17, 15) is 9.59 Å². The lowest BCUT2D eigenvalue weighted by Gasteiger charge is -2.36. The molecule has 2 atom stereocenters. The van der Waals surface area contributed by atoms with Gasteiger partial charge in [0.1, 0.15) is 6.04 Å². The number of nitrogens with zero attached hydrogens (tertiary/aromatic N) is 1. The first kappa shape index (κ1) is 25.8. The summed E-state index contributed by atoms with van der Waals surface area (Å²) in [5, 5.41) is 7.87. The second kappa shape index (κ2) is 12.1. The molecule has 2 aromatic rings. The zero-order valence-corrected chi connectivity index (χ0v) is 21.4. The van der Waals surface area contributed by atoms with Gasteiger partial charge in [-0.1, -0.05) is 13.0 Å². The minimum absolute atomic E-state index is 0.134. The first-order chi connectivity index (χ1) is 16.4. The van der Waals surface area contributed by atoms with Crippen molar-refractivity contribution in [2.24, 2.45) is 5.92 Å². The number of amides is 2. The smallest absolute Gasteiger partial charge is 0.252 e. The highest BCUT2D eigenvalue weighted by atomic mass is 32.1. The van der Waals surface area contributed by atoms with Crippen molar-refractivity contribution in [2.75, 3.05) is 41.0 Å². The topological polar surface area (TPSA) is 89.1 Å². The SMILES string of the molecule is COc1cc(C(=O)N[C@H](C)C(=O)NC[C@H](c2cccs2)N2CCC(C)CC2)cc(OC)c1OC. The van der Waals surface area contributed by atoms with Crippen LogP contribution in [0.15, 0.2) is 29.6 Å². The summed E-state index contributed by atoms with van der Waals surface area (Å²) in [7, 11) is 4.48. The maximum Gasteiger partial charge on any atom is 0.252 e. The molecule has 0 radical (unpaired) electrons. The van der Waals surface area contributed by atoms with E-state index < -0.39 is 11.9 Å². The van der Waals surface area contributed by atoms with Crippen LogP contribution < -0.4 is 24.8 Å². The van der Waals surface area contributed by atoms with Gasteiger partial charge in [-0.3, -0.25) is 14.5 Å². The molecular formula is C25H35N3O5S. The zero-order chi connectivity index (χ0) is 24.7. The van der Waals surface area contributed by atoms with E-state index >= 15 is 0 Å². The minimum atomic E-state index is -0.711. The standard InChI is InChI=1S/C25H35N3O5S/c1-16-8-10-28(11-9-16)19(22-7-6-12-34-22)15-26-24(29)17(2)27-25(30)18-13-20(31-3)23(33-5)21(14-18)32-4/h6-7,12-14,16-17,19H,8-11,15H2,1-5H3,(H,26,29)(H,27,30)/t17-,19-/m1/s1. The highest BCUT2D eigenvalue weighted by Crippen LogP contribution is 2.38. The van der Waals surface area contributed by atoms with Gasteiger partial charge in [0.25, 0.3) is 5.91 Å². The molecule has 1 saturated heterocycles. The molecule has 1 aromatic heterocycles. The fraction of sp³-hybridized carbons (Fsp3) is 0.520.